The second kappa shape index (κ2) is 6.24. The number of aromatic nitrogens is 2. The molecule has 0 saturated carbocycles. The Morgan fingerprint density at radius 1 is 1.21 bits per heavy atom. The summed E-state index contributed by atoms with van der Waals surface area (Å²) in [6, 6.07) is 4.97. The van der Waals surface area contributed by atoms with Crippen molar-refractivity contribution < 1.29 is 4.39 Å². The molecule has 2 rings (SSSR count). The van der Waals surface area contributed by atoms with Crippen molar-refractivity contribution >= 4 is 5.95 Å². The monoisotopic (exact) mass is 260 g/mol. The summed E-state index contributed by atoms with van der Waals surface area (Å²) in [5.41, 5.74) is 7.80. The van der Waals surface area contributed by atoms with Crippen LogP contribution in [0.4, 0.5) is 10.3 Å². The van der Waals surface area contributed by atoms with Crippen molar-refractivity contribution in [3.63, 3.8) is 0 Å². The van der Waals surface area contributed by atoms with Crippen molar-refractivity contribution in [1.82, 2.24) is 9.97 Å². The molecule has 0 radical (unpaired) electrons. The highest BCUT2D eigenvalue weighted by Gasteiger charge is 2.03. The van der Waals surface area contributed by atoms with Gasteiger partial charge in [0.15, 0.2) is 0 Å². The van der Waals surface area contributed by atoms with Gasteiger partial charge in [0.2, 0.25) is 5.95 Å². The number of aryl methyl sites for hydroxylation is 1. The van der Waals surface area contributed by atoms with Gasteiger partial charge in [0.05, 0.1) is 0 Å². The van der Waals surface area contributed by atoms with Crippen molar-refractivity contribution in [2.24, 2.45) is 5.73 Å². The molecule has 1 aromatic heterocycles. The molecule has 5 heteroatoms. The molecule has 19 heavy (non-hydrogen) atoms. The number of nitrogens with one attached hydrogen (secondary N) is 1. The second-order valence-electron chi connectivity index (χ2n) is 4.33. The molecule has 0 fully saturated rings. The van der Waals surface area contributed by atoms with Gasteiger partial charge in [-0.15, -0.1) is 0 Å². The van der Waals surface area contributed by atoms with Crippen LogP contribution in [0.25, 0.3) is 11.1 Å². The third-order valence-electron chi connectivity index (χ3n) is 2.81. The van der Waals surface area contributed by atoms with Gasteiger partial charge >= 0.3 is 0 Å². The van der Waals surface area contributed by atoms with E-state index in [0.717, 1.165) is 24.1 Å². The fourth-order valence-electron chi connectivity index (χ4n) is 1.69. The molecule has 0 amide bonds. The molecule has 2 aromatic rings. The number of nitrogens with two attached hydrogens (primary N) is 1. The molecule has 0 atom stereocenters. The molecule has 0 aliphatic rings. The molecule has 1 aromatic carbocycles. The highest BCUT2D eigenvalue weighted by Crippen LogP contribution is 2.20. The maximum Gasteiger partial charge on any atom is 0.222 e. The van der Waals surface area contributed by atoms with E-state index in [4.69, 9.17) is 5.73 Å². The summed E-state index contributed by atoms with van der Waals surface area (Å²) < 4.78 is 13.2. The summed E-state index contributed by atoms with van der Waals surface area (Å²) >= 11 is 0. The average molecular weight is 260 g/mol. The SMILES string of the molecule is Cc1cc(-c2cnc(NCCCN)nc2)ccc1F. The van der Waals surface area contributed by atoms with E-state index in [1.54, 1.807) is 31.5 Å². The molecular formula is C14H17FN4. The van der Waals surface area contributed by atoms with Crippen molar-refractivity contribution in [1.29, 1.82) is 0 Å². The molecule has 0 spiro atoms. The fourth-order valence-corrected chi connectivity index (χ4v) is 1.69. The van der Waals surface area contributed by atoms with E-state index < -0.39 is 0 Å². The van der Waals surface area contributed by atoms with Gasteiger partial charge in [-0.25, -0.2) is 14.4 Å². The van der Waals surface area contributed by atoms with Gasteiger partial charge in [0.25, 0.3) is 0 Å². The molecule has 4 nitrogen and oxygen atoms in total. The predicted molar refractivity (Wildman–Crippen MR) is 74.3 cm³/mol. The van der Waals surface area contributed by atoms with Crippen LogP contribution in [0.5, 0.6) is 0 Å². The number of nitrogens with zero attached hydrogens (tertiary/aromatic N) is 2. The summed E-state index contributed by atoms with van der Waals surface area (Å²) in [5, 5.41) is 3.08. The van der Waals surface area contributed by atoms with Crippen molar-refractivity contribution in [2.75, 3.05) is 18.4 Å². The van der Waals surface area contributed by atoms with E-state index in [1.807, 2.05) is 0 Å². The van der Waals surface area contributed by atoms with Crippen LogP contribution in [0.1, 0.15) is 12.0 Å². The van der Waals surface area contributed by atoms with Crippen LogP contribution in [0.2, 0.25) is 0 Å². The minimum Gasteiger partial charge on any atom is -0.354 e. The van der Waals surface area contributed by atoms with Gasteiger partial charge in [-0.05, 0) is 43.1 Å². The van der Waals surface area contributed by atoms with E-state index in [2.05, 4.69) is 15.3 Å². The van der Waals surface area contributed by atoms with Gasteiger partial charge in [-0.1, -0.05) is 6.07 Å². The number of rotatable bonds is 5. The Bertz CT molecular complexity index is 540. The highest BCUT2D eigenvalue weighted by molar-refractivity contribution is 5.62. The fraction of sp³-hybridized carbons (Fsp3) is 0.286. The van der Waals surface area contributed by atoms with Crippen LogP contribution < -0.4 is 11.1 Å². The quantitative estimate of drug-likeness (QED) is 0.810. The summed E-state index contributed by atoms with van der Waals surface area (Å²) in [6.07, 6.45) is 4.33. The summed E-state index contributed by atoms with van der Waals surface area (Å²) in [7, 11) is 0. The van der Waals surface area contributed by atoms with Crippen LogP contribution in [0.3, 0.4) is 0 Å². The van der Waals surface area contributed by atoms with E-state index in [-0.39, 0.29) is 5.82 Å². The largest absolute Gasteiger partial charge is 0.354 e. The molecule has 0 bridgehead atoms. The smallest absolute Gasteiger partial charge is 0.222 e. The Kier molecular flexibility index (Phi) is 4.41. The normalized spacial score (nSPS) is 10.5. The molecule has 0 unspecified atom stereocenters. The molecular weight excluding hydrogens is 243 g/mol. The second-order valence-corrected chi connectivity index (χ2v) is 4.33. The average Bonchev–Trinajstić information content (AvgIpc) is 2.43. The van der Waals surface area contributed by atoms with E-state index in [0.29, 0.717) is 18.1 Å². The Balaban J connectivity index is 2.11. The van der Waals surface area contributed by atoms with E-state index >= 15 is 0 Å². The van der Waals surface area contributed by atoms with E-state index in [9.17, 15) is 4.39 Å². The van der Waals surface area contributed by atoms with Crippen LogP contribution in [0.15, 0.2) is 30.6 Å². The first-order valence-corrected chi connectivity index (χ1v) is 6.23. The van der Waals surface area contributed by atoms with E-state index in [1.165, 1.54) is 6.07 Å². The first-order chi connectivity index (χ1) is 9.20. The molecule has 0 saturated heterocycles. The Labute approximate surface area is 111 Å². The maximum absolute atomic E-state index is 13.2. The number of benzene rings is 1. The number of hydrogen-bond acceptors (Lipinski definition) is 4. The summed E-state index contributed by atoms with van der Waals surface area (Å²) in [4.78, 5) is 8.44. The van der Waals surface area contributed by atoms with Gasteiger partial charge in [-0.3, -0.25) is 0 Å². The minimum absolute atomic E-state index is 0.204. The van der Waals surface area contributed by atoms with Crippen LogP contribution >= 0.6 is 0 Å². The molecule has 0 aliphatic heterocycles. The first kappa shape index (κ1) is 13.4. The lowest BCUT2D eigenvalue weighted by atomic mass is 10.1. The lowest BCUT2D eigenvalue weighted by Gasteiger charge is -2.06. The molecule has 3 N–H and O–H groups in total. The lowest BCUT2D eigenvalue weighted by Crippen LogP contribution is -2.10. The van der Waals surface area contributed by atoms with Crippen LogP contribution in [0, 0.1) is 12.7 Å². The lowest BCUT2D eigenvalue weighted by molar-refractivity contribution is 0.619. The van der Waals surface area contributed by atoms with Gasteiger partial charge in [0.1, 0.15) is 5.82 Å². The first-order valence-electron chi connectivity index (χ1n) is 6.23. The summed E-state index contributed by atoms with van der Waals surface area (Å²) in [5.74, 6) is 0.376. The molecule has 0 aliphatic carbocycles. The highest BCUT2D eigenvalue weighted by atomic mass is 19.1. The Morgan fingerprint density at radius 2 is 1.95 bits per heavy atom. The van der Waals surface area contributed by atoms with Crippen molar-refractivity contribution in [3.05, 3.63) is 42.0 Å². The number of anilines is 1. The number of hydrogen-bond donors (Lipinski definition) is 2. The van der Waals surface area contributed by atoms with Crippen molar-refractivity contribution in [2.45, 2.75) is 13.3 Å². The minimum atomic E-state index is -0.204. The van der Waals surface area contributed by atoms with Gasteiger partial charge < -0.3 is 11.1 Å². The number of halogens is 1. The Hall–Kier alpha value is -2.01. The zero-order valence-electron chi connectivity index (χ0n) is 10.9. The third-order valence-corrected chi connectivity index (χ3v) is 2.81. The van der Waals surface area contributed by atoms with Crippen LogP contribution in [-0.4, -0.2) is 23.1 Å². The summed E-state index contributed by atoms with van der Waals surface area (Å²) in [6.45, 7) is 3.13. The Morgan fingerprint density at radius 3 is 2.58 bits per heavy atom. The zero-order valence-corrected chi connectivity index (χ0v) is 10.9. The third kappa shape index (κ3) is 3.48. The van der Waals surface area contributed by atoms with Gasteiger partial charge in [-0.2, -0.15) is 0 Å². The van der Waals surface area contributed by atoms with Gasteiger partial charge in [0, 0.05) is 24.5 Å². The molecule has 1 heterocycles. The molecule has 100 valence electrons. The van der Waals surface area contributed by atoms with Crippen molar-refractivity contribution in [3.8, 4) is 11.1 Å². The standard InChI is InChI=1S/C14H17FN4/c1-10-7-11(3-4-13(10)15)12-8-18-14(19-9-12)17-6-2-5-16/h3-4,7-9H,2,5-6,16H2,1H3,(H,17,18,19). The maximum atomic E-state index is 13.2. The predicted octanol–water partition coefficient (Wildman–Crippen LogP) is 2.35. The zero-order chi connectivity index (χ0) is 13.7. The topological polar surface area (TPSA) is 63.8 Å². The van der Waals surface area contributed by atoms with Crippen LogP contribution in [-0.2, 0) is 0 Å².